The SMILES string of the molecule is N#Cc1cc(C=O)c2cc[nH]c2c1. The number of aldehydes is 1. The predicted octanol–water partition coefficient (Wildman–Crippen LogP) is 1.85. The molecule has 1 aromatic heterocycles. The lowest BCUT2D eigenvalue weighted by Crippen LogP contribution is -1.84. The van der Waals surface area contributed by atoms with E-state index in [1.165, 1.54) is 0 Å². The van der Waals surface area contributed by atoms with E-state index in [2.05, 4.69) is 4.98 Å². The minimum Gasteiger partial charge on any atom is -0.361 e. The Morgan fingerprint density at radius 1 is 1.46 bits per heavy atom. The van der Waals surface area contributed by atoms with Crippen LogP contribution in [-0.2, 0) is 0 Å². The molecule has 0 aliphatic rings. The Morgan fingerprint density at radius 3 is 3.00 bits per heavy atom. The minimum absolute atomic E-state index is 0.497. The van der Waals surface area contributed by atoms with E-state index in [1.807, 2.05) is 12.1 Å². The number of carbonyl (C=O) groups excluding carboxylic acids is 1. The Kier molecular flexibility index (Phi) is 1.60. The number of benzene rings is 1. The predicted molar refractivity (Wildman–Crippen MR) is 48.4 cm³/mol. The van der Waals surface area contributed by atoms with Crippen LogP contribution in [0.15, 0.2) is 24.4 Å². The molecule has 3 nitrogen and oxygen atoms in total. The lowest BCUT2D eigenvalue weighted by atomic mass is 10.1. The molecule has 0 fully saturated rings. The number of aromatic nitrogens is 1. The molecular weight excluding hydrogens is 164 g/mol. The zero-order valence-corrected chi connectivity index (χ0v) is 6.74. The molecule has 0 saturated heterocycles. The fourth-order valence-corrected chi connectivity index (χ4v) is 1.36. The van der Waals surface area contributed by atoms with Crippen molar-refractivity contribution in [1.82, 2.24) is 4.98 Å². The molecule has 0 aliphatic heterocycles. The number of carbonyl (C=O) groups is 1. The quantitative estimate of drug-likeness (QED) is 0.664. The fourth-order valence-electron chi connectivity index (χ4n) is 1.36. The van der Waals surface area contributed by atoms with E-state index in [9.17, 15) is 4.79 Å². The van der Waals surface area contributed by atoms with Crippen molar-refractivity contribution in [2.75, 3.05) is 0 Å². The molecule has 13 heavy (non-hydrogen) atoms. The third-order valence-electron chi connectivity index (χ3n) is 1.96. The van der Waals surface area contributed by atoms with E-state index in [-0.39, 0.29) is 0 Å². The summed E-state index contributed by atoms with van der Waals surface area (Å²) in [5.74, 6) is 0. The molecule has 62 valence electrons. The number of nitrogens with one attached hydrogen (secondary N) is 1. The first kappa shape index (κ1) is 7.56. The highest BCUT2D eigenvalue weighted by Gasteiger charge is 2.03. The summed E-state index contributed by atoms with van der Waals surface area (Å²) < 4.78 is 0. The number of aromatic amines is 1. The first-order chi connectivity index (χ1) is 6.35. The van der Waals surface area contributed by atoms with Crippen molar-refractivity contribution in [2.45, 2.75) is 0 Å². The number of rotatable bonds is 1. The first-order valence-electron chi connectivity index (χ1n) is 3.81. The Balaban J connectivity index is 2.86. The number of hydrogen-bond donors (Lipinski definition) is 1. The van der Waals surface area contributed by atoms with Gasteiger partial charge in [-0.2, -0.15) is 5.26 Å². The van der Waals surface area contributed by atoms with Crippen LogP contribution in [0.5, 0.6) is 0 Å². The molecule has 2 rings (SSSR count). The summed E-state index contributed by atoms with van der Waals surface area (Å²) >= 11 is 0. The van der Waals surface area contributed by atoms with Gasteiger partial charge in [-0.3, -0.25) is 4.79 Å². The minimum atomic E-state index is 0.497. The molecule has 0 atom stereocenters. The highest BCUT2D eigenvalue weighted by Crippen LogP contribution is 2.18. The van der Waals surface area contributed by atoms with Crippen LogP contribution in [0.1, 0.15) is 15.9 Å². The maximum absolute atomic E-state index is 10.7. The van der Waals surface area contributed by atoms with Gasteiger partial charge in [0.1, 0.15) is 0 Å². The van der Waals surface area contributed by atoms with E-state index in [1.54, 1.807) is 18.3 Å². The molecule has 0 amide bonds. The molecule has 1 aromatic carbocycles. The summed E-state index contributed by atoms with van der Waals surface area (Å²) in [6.45, 7) is 0. The third kappa shape index (κ3) is 1.09. The van der Waals surface area contributed by atoms with Gasteiger partial charge in [-0.25, -0.2) is 0 Å². The standard InChI is InChI=1S/C10H6N2O/c11-5-7-3-8(6-13)9-1-2-12-10(9)4-7/h1-4,6,12H. The number of nitriles is 1. The van der Waals surface area contributed by atoms with Gasteiger partial charge in [0.15, 0.2) is 6.29 Å². The van der Waals surface area contributed by atoms with Gasteiger partial charge >= 0.3 is 0 Å². The van der Waals surface area contributed by atoms with Crippen LogP contribution in [0.2, 0.25) is 0 Å². The van der Waals surface area contributed by atoms with Gasteiger partial charge in [0, 0.05) is 22.7 Å². The van der Waals surface area contributed by atoms with E-state index in [4.69, 9.17) is 5.26 Å². The topological polar surface area (TPSA) is 56.6 Å². The summed E-state index contributed by atoms with van der Waals surface area (Å²) in [5, 5.41) is 9.53. The molecule has 0 spiro atoms. The summed E-state index contributed by atoms with van der Waals surface area (Å²) in [5.41, 5.74) is 1.87. The number of hydrogen-bond acceptors (Lipinski definition) is 2. The molecule has 0 unspecified atom stereocenters. The largest absolute Gasteiger partial charge is 0.361 e. The molecule has 0 radical (unpaired) electrons. The van der Waals surface area contributed by atoms with E-state index >= 15 is 0 Å². The van der Waals surface area contributed by atoms with Gasteiger partial charge in [-0.1, -0.05) is 0 Å². The highest BCUT2D eigenvalue weighted by atomic mass is 16.1. The number of fused-ring (bicyclic) bond motifs is 1. The molecule has 0 saturated carbocycles. The van der Waals surface area contributed by atoms with Crippen molar-refractivity contribution >= 4 is 17.2 Å². The van der Waals surface area contributed by atoms with Crippen LogP contribution < -0.4 is 0 Å². The molecule has 1 heterocycles. The Labute approximate surface area is 74.6 Å². The van der Waals surface area contributed by atoms with Gasteiger partial charge in [0.2, 0.25) is 0 Å². The molecular formula is C10H6N2O. The van der Waals surface area contributed by atoms with Crippen LogP contribution in [0.3, 0.4) is 0 Å². The highest BCUT2D eigenvalue weighted by molar-refractivity contribution is 5.97. The number of nitrogens with zero attached hydrogens (tertiary/aromatic N) is 1. The Morgan fingerprint density at radius 2 is 2.31 bits per heavy atom. The van der Waals surface area contributed by atoms with Crippen LogP contribution in [0.4, 0.5) is 0 Å². The van der Waals surface area contributed by atoms with Crippen LogP contribution in [0, 0.1) is 11.3 Å². The summed E-state index contributed by atoms with van der Waals surface area (Å²) in [6.07, 6.45) is 2.51. The second kappa shape index (κ2) is 2.76. The van der Waals surface area contributed by atoms with Crippen molar-refractivity contribution in [3.8, 4) is 6.07 Å². The molecule has 0 aliphatic carbocycles. The van der Waals surface area contributed by atoms with Crippen molar-refractivity contribution < 1.29 is 4.79 Å². The first-order valence-corrected chi connectivity index (χ1v) is 3.81. The van der Waals surface area contributed by atoms with E-state index in [0.717, 1.165) is 17.2 Å². The van der Waals surface area contributed by atoms with Gasteiger partial charge in [0.25, 0.3) is 0 Å². The van der Waals surface area contributed by atoms with Crippen LogP contribution >= 0.6 is 0 Å². The van der Waals surface area contributed by atoms with Gasteiger partial charge in [-0.05, 0) is 18.2 Å². The summed E-state index contributed by atoms with van der Waals surface area (Å²) in [6, 6.07) is 7.14. The monoisotopic (exact) mass is 170 g/mol. The molecule has 0 bridgehead atoms. The fraction of sp³-hybridized carbons (Fsp3) is 0. The average molecular weight is 170 g/mol. The molecule has 3 heteroatoms. The van der Waals surface area contributed by atoms with E-state index in [0.29, 0.717) is 11.1 Å². The average Bonchev–Trinajstić information content (AvgIpc) is 2.63. The Bertz CT molecular complexity index is 505. The molecule has 1 N–H and O–H groups in total. The van der Waals surface area contributed by atoms with Crippen molar-refractivity contribution in [3.63, 3.8) is 0 Å². The zero-order valence-electron chi connectivity index (χ0n) is 6.74. The summed E-state index contributed by atoms with van der Waals surface area (Å²) in [7, 11) is 0. The van der Waals surface area contributed by atoms with Crippen molar-refractivity contribution in [2.24, 2.45) is 0 Å². The van der Waals surface area contributed by atoms with Crippen molar-refractivity contribution in [1.29, 1.82) is 5.26 Å². The number of H-pyrrole nitrogens is 1. The van der Waals surface area contributed by atoms with Gasteiger partial charge < -0.3 is 4.98 Å². The van der Waals surface area contributed by atoms with Crippen LogP contribution in [0.25, 0.3) is 10.9 Å². The zero-order chi connectivity index (χ0) is 9.26. The second-order valence-corrected chi connectivity index (χ2v) is 2.73. The lowest BCUT2D eigenvalue weighted by Gasteiger charge is -1.95. The van der Waals surface area contributed by atoms with Crippen LogP contribution in [-0.4, -0.2) is 11.3 Å². The Hall–Kier alpha value is -2.08. The van der Waals surface area contributed by atoms with Gasteiger partial charge in [0.05, 0.1) is 11.6 Å². The smallest absolute Gasteiger partial charge is 0.150 e. The normalized spacial score (nSPS) is 9.77. The van der Waals surface area contributed by atoms with Gasteiger partial charge in [-0.15, -0.1) is 0 Å². The van der Waals surface area contributed by atoms with E-state index < -0.39 is 0 Å². The summed E-state index contributed by atoms with van der Waals surface area (Å²) in [4.78, 5) is 13.6. The second-order valence-electron chi connectivity index (χ2n) is 2.73. The van der Waals surface area contributed by atoms with Crippen molar-refractivity contribution in [3.05, 3.63) is 35.5 Å². The maximum atomic E-state index is 10.7. The third-order valence-corrected chi connectivity index (χ3v) is 1.96. The molecule has 2 aromatic rings. The maximum Gasteiger partial charge on any atom is 0.150 e. The lowest BCUT2D eigenvalue weighted by molar-refractivity contribution is 0.112.